The molecule has 0 radical (unpaired) electrons. The van der Waals surface area contributed by atoms with Gasteiger partial charge in [-0.15, -0.1) is 0 Å². The van der Waals surface area contributed by atoms with Crippen LogP contribution in [-0.2, 0) is 16.1 Å². The van der Waals surface area contributed by atoms with Crippen molar-refractivity contribution in [2.75, 3.05) is 19.7 Å². The number of benzene rings is 2. The van der Waals surface area contributed by atoms with Crippen LogP contribution in [0.15, 0.2) is 58.1 Å². The summed E-state index contributed by atoms with van der Waals surface area (Å²) in [4.78, 5) is 53.8. The minimum Gasteiger partial charge on any atom is -0.466 e. The number of carbonyl (C=O) groups is 2. The molecule has 0 saturated carbocycles. The standard InChI is InChI=1S/C26H27FN4O5/c1-3-36-25(34)19-10-7-13-29(16-19)23(32)22-24(33)30(15-18-9-6-8-17(2)14-18)26(35)31(28-22)21-12-5-4-11-20(21)27/h4-6,8-9,11-12,14,19H,3,7,10,13,15-16H2,1-2H3/t19-/m1/s1. The largest absolute Gasteiger partial charge is 0.466 e. The molecule has 1 aliphatic rings. The number of halogens is 1. The number of ether oxygens (including phenoxy) is 1. The second-order valence-electron chi connectivity index (χ2n) is 8.72. The Morgan fingerprint density at radius 1 is 1.14 bits per heavy atom. The van der Waals surface area contributed by atoms with Crippen molar-refractivity contribution in [2.45, 2.75) is 33.2 Å². The van der Waals surface area contributed by atoms with Crippen molar-refractivity contribution in [1.29, 1.82) is 0 Å². The van der Waals surface area contributed by atoms with E-state index in [1.807, 2.05) is 19.1 Å². The zero-order valence-electron chi connectivity index (χ0n) is 20.1. The second kappa shape index (κ2) is 10.7. The van der Waals surface area contributed by atoms with E-state index in [2.05, 4.69) is 5.10 Å². The van der Waals surface area contributed by atoms with Gasteiger partial charge in [0.1, 0.15) is 11.5 Å². The molecule has 9 nitrogen and oxygen atoms in total. The summed E-state index contributed by atoms with van der Waals surface area (Å²) >= 11 is 0. The first-order valence-corrected chi connectivity index (χ1v) is 11.8. The Labute approximate surface area is 206 Å². The molecule has 10 heteroatoms. The summed E-state index contributed by atoms with van der Waals surface area (Å²) < 4.78 is 21.4. The fourth-order valence-electron chi connectivity index (χ4n) is 4.33. The van der Waals surface area contributed by atoms with Crippen molar-refractivity contribution in [3.63, 3.8) is 0 Å². The molecule has 2 heterocycles. The van der Waals surface area contributed by atoms with Crippen molar-refractivity contribution in [3.05, 3.63) is 92.0 Å². The minimum absolute atomic E-state index is 0.0650. The Morgan fingerprint density at radius 3 is 2.64 bits per heavy atom. The third-order valence-electron chi connectivity index (χ3n) is 6.09. The number of para-hydroxylation sites is 1. The van der Waals surface area contributed by atoms with Crippen molar-refractivity contribution in [3.8, 4) is 5.69 Å². The van der Waals surface area contributed by atoms with E-state index >= 15 is 0 Å². The monoisotopic (exact) mass is 494 g/mol. The van der Waals surface area contributed by atoms with Gasteiger partial charge < -0.3 is 9.64 Å². The number of carbonyl (C=O) groups excluding carboxylic acids is 2. The summed E-state index contributed by atoms with van der Waals surface area (Å²) in [6.07, 6.45) is 1.10. The lowest BCUT2D eigenvalue weighted by molar-refractivity contribution is -0.149. The van der Waals surface area contributed by atoms with E-state index in [1.54, 1.807) is 19.1 Å². The van der Waals surface area contributed by atoms with Crippen LogP contribution in [0.1, 0.15) is 41.4 Å². The van der Waals surface area contributed by atoms with Crippen molar-refractivity contribution < 1.29 is 18.7 Å². The first-order chi connectivity index (χ1) is 17.3. The molecule has 1 atom stereocenters. The van der Waals surface area contributed by atoms with Crippen LogP contribution < -0.4 is 11.2 Å². The van der Waals surface area contributed by atoms with Gasteiger partial charge in [0.05, 0.1) is 19.1 Å². The van der Waals surface area contributed by atoms with Crippen LogP contribution in [0.3, 0.4) is 0 Å². The molecule has 0 aliphatic carbocycles. The third kappa shape index (κ3) is 5.12. The Hall–Kier alpha value is -4.08. The minimum atomic E-state index is -0.877. The maximum absolute atomic E-state index is 14.6. The zero-order chi connectivity index (χ0) is 25.8. The molecule has 4 rings (SSSR count). The number of nitrogens with zero attached hydrogens (tertiary/aromatic N) is 4. The quantitative estimate of drug-likeness (QED) is 0.487. The third-order valence-corrected chi connectivity index (χ3v) is 6.09. The fraction of sp³-hybridized carbons (Fsp3) is 0.346. The van der Waals surface area contributed by atoms with Crippen LogP contribution >= 0.6 is 0 Å². The summed E-state index contributed by atoms with van der Waals surface area (Å²) in [7, 11) is 0. The van der Waals surface area contributed by atoms with Crippen molar-refractivity contribution >= 4 is 11.9 Å². The first kappa shape index (κ1) is 25.0. The molecule has 1 aromatic heterocycles. The van der Waals surface area contributed by atoms with Gasteiger partial charge in [-0.3, -0.25) is 19.0 Å². The van der Waals surface area contributed by atoms with E-state index in [1.165, 1.54) is 23.1 Å². The van der Waals surface area contributed by atoms with Crippen LogP contribution in [0, 0.1) is 18.7 Å². The molecule has 188 valence electrons. The SMILES string of the molecule is CCOC(=O)[C@@H]1CCCN(C(=O)c2nn(-c3ccccc3F)c(=O)n(Cc3cccc(C)c3)c2=O)C1. The van der Waals surface area contributed by atoms with Gasteiger partial charge in [0.25, 0.3) is 11.5 Å². The van der Waals surface area contributed by atoms with Crippen LogP contribution in [0.5, 0.6) is 0 Å². The second-order valence-corrected chi connectivity index (χ2v) is 8.72. The predicted molar refractivity (Wildman–Crippen MR) is 130 cm³/mol. The molecular weight excluding hydrogens is 467 g/mol. The Bertz CT molecular complexity index is 1410. The average molecular weight is 495 g/mol. The smallest absolute Gasteiger partial charge is 0.352 e. The molecule has 0 N–H and O–H groups in total. The normalized spacial score (nSPS) is 15.5. The Morgan fingerprint density at radius 2 is 1.92 bits per heavy atom. The van der Waals surface area contributed by atoms with E-state index in [0.29, 0.717) is 24.9 Å². The first-order valence-electron chi connectivity index (χ1n) is 11.8. The van der Waals surface area contributed by atoms with Gasteiger partial charge in [0, 0.05) is 13.1 Å². The van der Waals surface area contributed by atoms with Gasteiger partial charge >= 0.3 is 11.7 Å². The summed E-state index contributed by atoms with van der Waals surface area (Å²) in [5.41, 5.74) is -0.853. The van der Waals surface area contributed by atoms with E-state index < -0.39 is 40.6 Å². The van der Waals surface area contributed by atoms with Crippen LogP contribution in [0.4, 0.5) is 4.39 Å². The van der Waals surface area contributed by atoms with E-state index in [4.69, 9.17) is 4.74 Å². The van der Waals surface area contributed by atoms with E-state index in [9.17, 15) is 23.6 Å². The molecule has 0 unspecified atom stereocenters. The zero-order valence-corrected chi connectivity index (χ0v) is 20.1. The topological polar surface area (TPSA) is 104 Å². The lowest BCUT2D eigenvalue weighted by Gasteiger charge is -2.31. The molecule has 3 aromatic rings. The molecule has 0 spiro atoms. The number of amides is 1. The van der Waals surface area contributed by atoms with Gasteiger partial charge in [-0.1, -0.05) is 42.0 Å². The van der Waals surface area contributed by atoms with Crippen LogP contribution in [0.25, 0.3) is 5.69 Å². The molecule has 1 saturated heterocycles. The highest BCUT2D eigenvalue weighted by Crippen LogP contribution is 2.19. The molecule has 1 amide bonds. The summed E-state index contributed by atoms with van der Waals surface area (Å²) in [5, 5.41) is 4.03. The summed E-state index contributed by atoms with van der Waals surface area (Å²) in [6.45, 7) is 4.06. The van der Waals surface area contributed by atoms with Crippen molar-refractivity contribution in [1.82, 2.24) is 19.2 Å². The lowest BCUT2D eigenvalue weighted by atomic mass is 9.98. The number of esters is 1. The average Bonchev–Trinajstić information content (AvgIpc) is 2.87. The van der Waals surface area contributed by atoms with Gasteiger partial charge in [0.2, 0.25) is 5.69 Å². The van der Waals surface area contributed by atoms with Crippen molar-refractivity contribution in [2.24, 2.45) is 5.92 Å². The van der Waals surface area contributed by atoms with Gasteiger partial charge in [-0.25, -0.2) is 9.18 Å². The number of piperidine rings is 1. The van der Waals surface area contributed by atoms with Gasteiger partial charge in [-0.2, -0.15) is 9.78 Å². The molecule has 1 fully saturated rings. The highest BCUT2D eigenvalue weighted by atomic mass is 19.1. The number of aromatic nitrogens is 3. The molecule has 36 heavy (non-hydrogen) atoms. The molecular formula is C26H27FN4O5. The predicted octanol–water partition coefficient (Wildman–Crippen LogP) is 2.31. The number of likely N-dealkylation sites (tertiary alicyclic amines) is 1. The number of hydrogen-bond acceptors (Lipinski definition) is 6. The van der Waals surface area contributed by atoms with E-state index in [0.717, 1.165) is 20.9 Å². The Balaban J connectivity index is 1.80. The van der Waals surface area contributed by atoms with Crippen LogP contribution in [-0.4, -0.2) is 50.8 Å². The molecule has 2 aromatic carbocycles. The van der Waals surface area contributed by atoms with Crippen LogP contribution in [0.2, 0.25) is 0 Å². The molecule has 1 aliphatic heterocycles. The fourth-order valence-corrected chi connectivity index (χ4v) is 4.33. The number of rotatable bonds is 6. The summed E-state index contributed by atoms with van der Waals surface area (Å²) in [5.74, 6) is -2.38. The Kier molecular flexibility index (Phi) is 7.42. The van der Waals surface area contributed by atoms with E-state index in [-0.39, 0.29) is 25.4 Å². The summed E-state index contributed by atoms with van der Waals surface area (Å²) in [6, 6.07) is 12.7. The van der Waals surface area contributed by atoms with Gasteiger partial charge in [-0.05, 0) is 44.4 Å². The highest BCUT2D eigenvalue weighted by Gasteiger charge is 2.32. The van der Waals surface area contributed by atoms with Gasteiger partial charge in [0.15, 0.2) is 0 Å². The lowest BCUT2D eigenvalue weighted by Crippen LogP contribution is -2.49. The molecule has 0 bridgehead atoms. The number of hydrogen-bond donors (Lipinski definition) is 0. The number of aryl methyl sites for hydroxylation is 1. The maximum atomic E-state index is 14.6. The maximum Gasteiger partial charge on any atom is 0.352 e. The highest BCUT2D eigenvalue weighted by molar-refractivity contribution is 5.92.